The van der Waals surface area contributed by atoms with Crippen LogP contribution >= 0.6 is 11.8 Å². The van der Waals surface area contributed by atoms with Crippen molar-refractivity contribution in [1.29, 1.82) is 0 Å². The molecule has 1 saturated carbocycles. The quantitative estimate of drug-likeness (QED) is 0.730. The third-order valence-electron chi connectivity index (χ3n) is 3.23. The summed E-state index contributed by atoms with van der Waals surface area (Å²) in [6.45, 7) is 1.72. The topological polar surface area (TPSA) is 99.8 Å². The van der Waals surface area contributed by atoms with Crippen molar-refractivity contribution >= 4 is 23.7 Å². The highest BCUT2D eigenvalue weighted by molar-refractivity contribution is 8.00. The molecule has 1 aromatic heterocycles. The van der Waals surface area contributed by atoms with Crippen molar-refractivity contribution in [2.45, 2.75) is 55.5 Å². The first kappa shape index (κ1) is 14.8. The summed E-state index contributed by atoms with van der Waals surface area (Å²) in [6, 6.07) is -0.222. The van der Waals surface area contributed by atoms with Crippen LogP contribution in [0, 0.1) is 0 Å². The molecule has 0 saturated heterocycles. The number of imide groups is 1. The highest BCUT2D eigenvalue weighted by Crippen LogP contribution is 2.18. The van der Waals surface area contributed by atoms with E-state index in [0.29, 0.717) is 5.16 Å². The molecule has 0 aromatic carbocycles. The predicted octanol–water partition coefficient (Wildman–Crippen LogP) is 1.44. The Morgan fingerprint density at radius 1 is 1.40 bits per heavy atom. The third kappa shape index (κ3) is 4.52. The molecule has 1 aliphatic carbocycles. The number of thioether (sulfide) groups is 1. The minimum atomic E-state index is -0.417. The summed E-state index contributed by atoms with van der Waals surface area (Å²) < 4.78 is 0. The van der Waals surface area contributed by atoms with Crippen LogP contribution in [-0.2, 0) is 4.79 Å². The first-order valence-electron chi connectivity index (χ1n) is 6.78. The highest BCUT2D eigenvalue weighted by atomic mass is 32.2. The summed E-state index contributed by atoms with van der Waals surface area (Å²) in [7, 11) is 0. The van der Waals surface area contributed by atoms with Gasteiger partial charge in [0.2, 0.25) is 5.91 Å². The van der Waals surface area contributed by atoms with Gasteiger partial charge in [0.25, 0.3) is 0 Å². The molecule has 3 N–H and O–H groups in total. The van der Waals surface area contributed by atoms with Gasteiger partial charge in [-0.25, -0.2) is 9.78 Å². The molecule has 1 heterocycles. The molecule has 1 fully saturated rings. The molecule has 0 radical (unpaired) electrons. The average molecular weight is 297 g/mol. The number of carbonyl (C=O) groups excluding carboxylic acids is 2. The van der Waals surface area contributed by atoms with Crippen molar-refractivity contribution in [1.82, 2.24) is 25.8 Å². The van der Waals surface area contributed by atoms with E-state index >= 15 is 0 Å². The molecule has 8 heteroatoms. The normalized spacial score (nSPS) is 17.4. The van der Waals surface area contributed by atoms with E-state index in [2.05, 4.69) is 25.8 Å². The molecule has 7 nitrogen and oxygen atoms in total. The summed E-state index contributed by atoms with van der Waals surface area (Å²) in [5.74, 6) is -0.334. The minimum absolute atomic E-state index is 0.189. The van der Waals surface area contributed by atoms with E-state index in [9.17, 15) is 9.59 Å². The number of carbonyl (C=O) groups is 2. The van der Waals surface area contributed by atoms with Crippen LogP contribution in [0.15, 0.2) is 11.5 Å². The van der Waals surface area contributed by atoms with Gasteiger partial charge in [-0.05, 0) is 19.8 Å². The summed E-state index contributed by atoms with van der Waals surface area (Å²) in [5.41, 5.74) is 0. The second kappa shape index (κ2) is 7.28. The van der Waals surface area contributed by atoms with Gasteiger partial charge < -0.3 is 5.32 Å². The van der Waals surface area contributed by atoms with Crippen LogP contribution < -0.4 is 10.6 Å². The van der Waals surface area contributed by atoms with Gasteiger partial charge in [-0.3, -0.25) is 15.2 Å². The number of nitrogens with zero attached hydrogens (tertiary/aromatic N) is 2. The Hall–Kier alpha value is -1.57. The second-order valence-corrected chi connectivity index (χ2v) is 6.18. The lowest BCUT2D eigenvalue weighted by Gasteiger charge is -2.22. The van der Waals surface area contributed by atoms with Gasteiger partial charge in [-0.1, -0.05) is 31.0 Å². The lowest BCUT2D eigenvalue weighted by Crippen LogP contribution is -2.47. The van der Waals surface area contributed by atoms with Crippen LogP contribution in [0.25, 0.3) is 0 Å². The zero-order valence-corrected chi connectivity index (χ0v) is 12.2. The van der Waals surface area contributed by atoms with E-state index in [1.807, 2.05) is 0 Å². The van der Waals surface area contributed by atoms with Crippen LogP contribution in [0.3, 0.4) is 0 Å². The molecule has 1 aromatic rings. The Labute approximate surface area is 121 Å². The van der Waals surface area contributed by atoms with Crippen molar-refractivity contribution in [2.75, 3.05) is 0 Å². The lowest BCUT2D eigenvalue weighted by molar-refractivity contribution is -0.119. The van der Waals surface area contributed by atoms with Gasteiger partial charge in [0, 0.05) is 6.04 Å². The number of H-pyrrole nitrogens is 1. The van der Waals surface area contributed by atoms with Crippen LogP contribution in [0.5, 0.6) is 0 Å². The standard InChI is InChI=1S/C12H19N5O2S/c1-8(20-12-13-7-14-17-12)10(18)16-11(19)15-9-5-3-2-4-6-9/h7-9H,2-6H2,1H3,(H,13,14,17)(H2,15,16,18,19)/t8-/m1/s1. The molecular weight excluding hydrogens is 278 g/mol. The van der Waals surface area contributed by atoms with E-state index in [1.54, 1.807) is 6.92 Å². The summed E-state index contributed by atoms with van der Waals surface area (Å²) in [4.78, 5) is 27.5. The fourth-order valence-electron chi connectivity index (χ4n) is 2.15. The zero-order chi connectivity index (χ0) is 14.4. The molecule has 0 spiro atoms. The SMILES string of the molecule is C[C@@H](Sc1ncn[nH]1)C(=O)NC(=O)NC1CCCCC1. The number of urea groups is 1. The van der Waals surface area contributed by atoms with E-state index < -0.39 is 11.3 Å². The summed E-state index contributed by atoms with van der Waals surface area (Å²) >= 11 is 1.23. The molecule has 1 aliphatic rings. The Balaban J connectivity index is 1.73. The van der Waals surface area contributed by atoms with E-state index in [-0.39, 0.29) is 11.9 Å². The molecule has 0 aliphatic heterocycles. The molecular formula is C12H19N5O2S. The smallest absolute Gasteiger partial charge is 0.321 e. The van der Waals surface area contributed by atoms with Crippen LogP contribution in [0.2, 0.25) is 0 Å². The Morgan fingerprint density at radius 3 is 2.80 bits per heavy atom. The number of nitrogens with one attached hydrogen (secondary N) is 3. The first-order valence-corrected chi connectivity index (χ1v) is 7.66. The largest absolute Gasteiger partial charge is 0.335 e. The van der Waals surface area contributed by atoms with Crippen LogP contribution in [0.4, 0.5) is 4.79 Å². The molecule has 0 unspecified atom stereocenters. The van der Waals surface area contributed by atoms with Crippen molar-refractivity contribution in [3.05, 3.63) is 6.33 Å². The minimum Gasteiger partial charge on any atom is -0.335 e. The molecule has 1 atom stereocenters. The van der Waals surface area contributed by atoms with Gasteiger partial charge in [0.15, 0.2) is 5.16 Å². The number of amides is 3. The highest BCUT2D eigenvalue weighted by Gasteiger charge is 2.20. The Morgan fingerprint density at radius 2 is 2.15 bits per heavy atom. The number of hydrogen-bond donors (Lipinski definition) is 3. The zero-order valence-electron chi connectivity index (χ0n) is 11.4. The maximum atomic E-state index is 11.9. The fraction of sp³-hybridized carbons (Fsp3) is 0.667. The maximum absolute atomic E-state index is 11.9. The third-order valence-corrected chi connectivity index (χ3v) is 4.22. The Bertz CT molecular complexity index is 445. The molecule has 20 heavy (non-hydrogen) atoms. The van der Waals surface area contributed by atoms with Crippen molar-refractivity contribution < 1.29 is 9.59 Å². The van der Waals surface area contributed by atoms with E-state index in [1.165, 1.54) is 24.5 Å². The monoisotopic (exact) mass is 297 g/mol. The first-order chi connectivity index (χ1) is 9.65. The van der Waals surface area contributed by atoms with Gasteiger partial charge >= 0.3 is 6.03 Å². The van der Waals surface area contributed by atoms with Gasteiger partial charge in [0.1, 0.15) is 6.33 Å². The van der Waals surface area contributed by atoms with Crippen LogP contribution in [-0.4, -0.2) is 38.4 Å². The number of aromatic amines is 1. The van der Waals surface area contributed by atoms with Crippen molar-refractivity contribution in [3.8, 4) is 0 Å². The molecule has 3 amide bonds. The van der Waals surface area contributed by atoms with Crippen LogP contribution in [0.1, 0.15) is 39.0 Å². The van der Waals surface area contributed by atoms with Crippen molar-refractivity contribution in [3.63, 3.8) is 0 Å². The summed E-state index contributed by atoms with van der Waals surface area (Å²) in [6.07, 6.45) is 6.85. The van der Waals surface area contributed by atoms with Gasteiger partial charge in [-0.15, -0.1) is 0 Å². The van der Waals surface area contributed by atoms with Gasteiger partial charge in [0.05, 0.1) is 5.25 Å². The fourth-order valence-corrected chi connectivity index (χ4v) is 2.87. The van der Waals surface area contributed by atoms with E-state index in [0.717, 1.165) is 25.7 Å². The van der Waals surface area contributed by atoms with Crippen molar-refractivity contribution in [2.24, 2.45) is 0 Å². The lowest BCUT2D eigenvalue weighted by atomic mass is 9.96. The van der Waals surface area contributed by atoms with Gasteiger partial charge in [-0.2, -0.15) is 5.10 Å². The average Bonchev–Trinajstić information content (AvgIpc) is 2.92. The number of rotatable bonds is 4. The number of hydrogen-bond acceptors (Lipinski definition) is 5. The summed E-state index contributed by atoms with van der Waals surface area (Å²) in [5, 5.41) is 11.7. The number of aromatic nitrogens is 3. The predicted molar refractivity (Wildman–Crippen MR) is 75.2 cm³/mol. The second-order valence-electron chi connectivity index (χ2n) is 4.85. The molecule has 110 valence electrons. The maximum Gasteiger partial charge on any atom is 0.321 e. The Kier molecular flexibility index (Phi) is 5.40. The molecule has 0 bridgehead atoms. The molecule has 2 rings (SSSR count). The van der Waals surface area contributed by atoms with E-state index in [4.69, 9.17) is 0 Å².